The number of fused-ring (bicyclic) bond motifs is 5. The van der Waals surface area contributed by atoms with E-state index in [1.807, 2.05) is 44.2 Å². The quantitative estimate of drug-likeness (QED) is 0.241. The van der Waals surface area contributed by atoms with E-state index < -0.39 is 12.2 Å². The molecule has 0 radical (unpaired) electrons. The van der Waals surface area contributed by atoms with E-state index in [4.69, 9.17) is 23.9 Å². The van der Waals surface area contributed by atoms with Crippen molar-refractivity contribution in [3.05, 3.63) is 59.2 Å². The third kappa shape index (κ3) is 4.74. The second kappa shape index (κ2) is 10.1. The lowest BCUT2D eigenvalue weighted by Gasteiger charge is -2.26. The van der Waals surface area contributed by atoms with Crippen LogP contribution in [0.15, 0.2) is 48.1 Å². The fourth-order valence-electron chi connectivity index (χ4n) is 4.76. The van der Waals surface area contributed by atoms with E-state index in [2.05, 4.69) is 26.3 Å². The van der Waals surface area contributed by atoms with Gasteiger partial charge < -0.3 is 18.9 Å². The van der Waals surface area contributed by atoms with Crippen LogP contribution in [0.4, 0.5) is 10.5 Å². The van der Waals surface area contributed by atoms with Gasteiger partial charge in [0, 0.05) is 11.3 Å². The zero-order valence-electron chi connectivity index (χ0n) is 22.3. The summed E-state index contributed by atoms with van der Waals surface area (Å²) in [5.41, 5.74) is 8.44. The zero-order valence-corrected chi connectivity index (χ0v) is 23.9. The molecule has 0 saturated carbocycles. The van der Waals surface area contributed by atoms with Crippen LogP contribution in [0.25, 0.3) is 42.0 Å². The fraction of sp³-hybridized carbons (Fsp3) is 0.207. The first-order valence-electron chi connectivity index (χ1n) is 12.8. The summed E-state index contributed by atoms with van der Waals surface area (Å²) in [5.74, 6) is 1.69. The lowest BCUT2D eigenvalue weighted by molar-refractivity contribution is 0.0383. The van der Waals surface area contributed by atoms with Crippen molar-refractivity contribution in [2.24, 2.45) is 0 Å². The summed E-state index contributed by atoms with van der Waals surface area (Å²) in [5, 5.41) is 3.55. The number of hydrogen-bond acceptors (Lipinski definition) is 11. The molecule has 0 unspecified atom stereocenters. The van der Waals surface area contributed by atoms with Gasteiger partial charge in [0.05, 0.1) is 45.6 Å². The predicted molar refractivity (Wildman–Crippen MR) is 159 cm³/mol. The summed E-state index contributed by atoms with van der Waals surface area (Å²) in [4.78, 5) is 30.8. The highest BCUT2D eigenvalue weighted by Gasteiger charge is 2.27. The second-order valence-electron chi connectivity index (χ2n) is 9.62. The van der Waals surface area contributed by atoms with Gasteiger partial charge in [0.2, 0.25) is 5.88 Å². The molecule has 0 saturated heterocycles. The van der Waals surface area contributed by atoms with Crippen molar-refractivity contribution in [1.29, 1.82) is 0 Å². The lowest BCUT2D eigenvalue weighted by Crippen LogP contribution is -2.35. The molecule has 6 aromatic rings. The first-order chi connectivity index (χ1) is 19.9. The topological polar surface area (TPSA) is 118 Å². The van der Waals surface area contributed by atoms with Gasteiger partial charge in [-0.15, -0.1) is 22.7 Å². The Morgan fingerprint density at radius 3 is 2.88 bits per heavy atom. The Hall–Kier alpha value is -4.55. The maximum absolute atomic E-state index is 12.4. The molecule has 7 rings (SSSR count). The molecular weight excluding hydrogens is 562 g/mol. The molecule has 1 atom stereocenters. The van der Waals surface area contributed by atoms with Gasteiger partial charge in [-0.05, 0) is 61.4 Å². The number of methoxy groups -OCH3 is 1. The number of aromatic nitrogens is 4. The van der Waals surface area contributed by atoms with Gasteiger partial charge in [-0.1, -0.05) is 0 Å². The normalized spacial score (nSPS) is 14.5. The number of carbonyl (C=O) groups is 1. The Bertz CT molecular complexity index is 1970. The number of rotatable bonds is 5. The smallest absolute Gasteiger partial charge is 0.411 e. The average Bonchev–Trinajstić information content (AvgIpc) is 3.63. The standard InChI is InChI=1S/C29H23N5O5S2/c1-14-6-18(25-20(7-14)33-23(36-3)10-30-25)28-34-24-15(2)8-21-26(27(24)41-28)37-11-17(39-21)12-38-29(35)32-16-4-5-22-19(9-16)31-13-40-22/h4-10,13,17H,11-12H2,1-3H3,(H,32,35)/t17-/m1/s1. The van der Waals surface area contributed by atoms with Gasteiger partial charge in [-0.2, -0.15) is 0 Å². The Kier molecular flexibility index (Phi) is 6.28. The predicted octanol–water partition coefficient (Wildman–Crippen LogP) is 6.53. The number of anilines is 1. The van der Waals surface area contributed by atoms with E-state index in [0.717, 1.165) is 53.2 Å². The largest absolute Gasteiger partial charge is 0.484 e. The number of thiazole rings is 2. The zero-order chi connectivity index (χ0) is 28.1. The van der Waals surface area contributed by atoms with Crippen LogP contribution in [0, 0.1) is 13.8 Å². The molecule has 12 heteroatoms. The molecule has 206 valence electrons. The molecule has 1 N–H and O–H groups in total. The van der Waals surface area contributed by atoms with Crippen molar-refractivity contribution >= 4 is 65.9 Å². The van der Waals surface area contributed by atoms with Crippen LogP contribution in [-0.2, 0) is 4.74 Å². The van der Waals surface area contributed by atoms with Crippen LogP contribution >= 0.6 is 22.7 Å². The van der Waals surface area contributed by atoms with Gasteiger partial charge in [-0.3, -0.25) is 5.32 Å². The number of carbonyl (C=O) groups excluding carboxylic acids is 1. The van der Waals surface area contributed by atoms with E-state index in [1.54, 1.807) is 30.2 Å². The molecule has 1 amide bonds. The summed E-state index contributed by atoms with van der Waals surface area (Å²) in [6.45, 7) is 4.27. The van der Waals surface area contributed by atoms with Gasteiger partial charge in [-0.25, -0.2) is 24.7 Å². The monoisotopic (exact) mass is 585 g/mol. The molecule has 3 aromatic heterocycles. The summed E-state index contributed by atoms with van der Waals surface area (Å²) < 4.78 is 25.0. The Morgan fingerprint density at radius 1 is 1.10 bits per heavy atom. The SMILES string of the molecule is COc1cnc2c(-c3nc4c(C)cc5c(c4s3)OC[C@H](COC(=O)Nc3ccc4scnc4c3)O5)cc(C)cc2n1. The summed E-state index contributed by atoms with van der Waals surface area (Å²) in [6, 6.07) is 11.5. The molecular formula is C29H23N5O5S2. The van der Waals surface area contributed by atoms with Crippen LogP contribution in [0.1, 0.15) is 11.1 Å². The van der Waals surface area contributed by atoms with E-state index >= 15 is 0 Å². The summed E-state index contributed by atoms with van der Waals surface area (Å²) in [6.07, 6.45) is 0.587. The molecule has 0 bridgehead atoms. The van der Waals surface area contributed by atoms with Crippen molar-refractivity contribution in [2.45, 2.75) is 20.0 Å². The van der Waals surface area contributed by atoms with Crippen molar-refractivity contribution in [2.75, 3.05) is 25.6 Å². The minimum atomic E-state index is -0.571. The highest BCUT2D eigenvalue weighted by atomic mass is 32.1. The van der Waals surface area contributed by atoms with Crippen molar-refractivity contribution < 1.29 is 23.7 Å². The molecule has 0 fully saturated rings. The Balaban J connectivity index is 1.11. The number of amides is 1. The molecule has 1 aliphatic heterocycles. The van der Waals surface area contributed by atoms with Gasteiger partial charge in [0.1, 0.15) is 22.9 Å². The minimum Gasteiger partial charge on any atom is -0.484 e. The van der Waals surface area contributed by atoms with Crippen LogP contribution in [-0.4, -0.2) is 52.5 Å². The Labute approximate surface area is 241 Å². The van der Waals surface area contributed by atoms with Crippen molar-refractivity contribution in [3.8, 4) is 28.0 Å². The molecule has 41 heavy (non-hydrogen) atoms. The number of nitrogens with one attached hydrogen (secondary N) is 1. The number of hydrogen-bond donors (Lipinski definition) is 1. The number of nitrogens with zero attached hydrogens (tertiary/aromatic N) is 4. The minimum absolute atomic E-state index is 0.0344. The lowest BCUT2D eigenvalue weighted by atomic mass is 10.1. The maximum atomic E-state index is 12.4. The third-order valence-corrected chi connectivity index (χ3v) is 8.57. The van der Waals surface area contributed by atoms with E-state index in [1.165, 1.54) is 11.3 Å². The fourth-order valence-corrected chi connectivity index (χ4v) is 6.57. The maximum Gasteiger partial charge on any atom is 0.411 e. The van der Waals surface area contributed by atoms with Crippen molar-refractivity contribution in [3.63, 3.8) is 0 Å². The van der Waals surface area contributed by atoms with Crippen molar-refractivity contribution in [1.82, 2.24) is 19.9 Å². The van der Waals surface area contributed by atoms with Gasteiger partial charge in [0.25, 0.3) is 0 Å². The first kappa shape index (κ1) is 25.4. The van der Waals surface area contributed by atoms with Crippen LogP contribution < -0.4 is 19.5 Å². The molecule has 1 aliphatic rings. The average molecular weight is 586 g/mol. The van der Waals surface area contributed by atoms with Crippen LogP contribution in [0.2, 0.25) is 0 Å². The summed E-state index contributed by atoms with van der Waals surface area (Å²) in [7, 11) is 1.57. The van der Waals surface area contributed by atoms with Gasteiger partial charge >= 0.3 is 6.09 Å². The van der Waals surface area contributed by atoms with Crippen LogP contribution in [0.5, 0.6) is 17.4 Å². The van der Waals surface area contributed by atoms with E-state index in [0.29, 0.717) is 23.1 Å². The molecule has 0 spiro atoms. The number of aryl methyl sites for hydroxylation is 2. The molecule has 10 nitrogen and oxygen atoms in total. The highest BCUT2D eigenvalue weighted by molar-refractivity contribution is 7.22. The van der Waals surface area contributed by atoms with Gasteiger partial charge in [0.15, 0.2) is 17.6 Å². The third-order valence-electron chi connectivity index (χ3n) is 6.67. The highest BCUT2D eigenvalue weighted by Crippen LogP contribution is 2.46. The molecule has 0 aliphatic carbocycles. The molecule has 4 heterocycles. The first-order valence-corrected chi connectivity index (χ1v) is 14.5. The molecule has 3 aromatic carbocycles. The van der Waals surface area contributed by atoms with E-state index in [9.17, 15) is 4.79 Å². The summed E-state index contributed by atoms with van der Waals surface area (Å²) >= 11 is 3.06. The second-order valence-corrected chi connectivity index (χ2v) is 11.5. The van der Waals surface area contributed by atoms with E-state index in [-0.39, 0.29) is 13.2 Å². The van der Waals surface area contributed by atoms with Crippen LogP contribution in [0.3, 0.4) is 0 Å². The Morgan fingerprint density at radius 2 is 2.00 bits per heavy atom. The number of ether oxygens (including phenoxy) is 4. The number of benzene rings is 3.